The molecule has 2 heterocycles. The zero-order valence-corrected chi connectivity index (χ0v) is 8.63. The molecule has 2 aromatic rings. The third-order valence-electron chi connectivity index (χ3n) is 1.66. The minimum absolute atomic E-state index is 1.15. The Labute approximate surface area is 79.7 Å². The molecule has 0 aliphatic carbocycles. The highest BCUT2D eigenvalue weighted by atomic mass is 32.1. The fourth-order valence-corrected chi connectivity index (χ4v) is 2.84. The van der Waals surface area contributed by atoms with Crippen molar-refractivity contribution >= 4 is 22.7 Å². The van der Waals surface area contributed by atoms with Crippen LogP contribution in [0, 0.1) is 13.8 Å². The summed E-state index contributed by atoms with van der Waals surface area (Å²) in [6, 6.07) is 4.18. The molecule has 0 atom stereocenters. The lowest BCUT2D eigenvalue weighted by atomic mass is 10.3. The van der Waals surface area contributed by atoms with E-state index < -0.39 is 0 Å². The van der Waals surface area contributed by atoms with Crippen molar-refractivity contribution in [2.45, 2.75) is 13.8 Å². The molecule has 2 aromatic heterocycles. The molecule has 0 fully saturated rings. The van der Waals surface area contributed by atoms with Crippen molar-refractivity contribution in [2.75, 3.05) is 0 Å². The molecule has 62 valence electrons. The Kier molecular flexibility index (Phi) is 1.98. The molecule has 0 radical (unpaired) electrons. The lowest BCUT2D eigenvalue weighted by Gasteiger charge is -1.90. The first-order chi connectivity index (χ1) is 5.77. The summed E-state index contributed by atoms with van der Waals surface area (Å²) in [4.78, 5) is 7.07. The van der Waals surface area contributed by atoms with Gasteiger partial charge in [-0.3, -0.25) is 0 Å². The number of rotatable bonds is 1. The second-order valence-corrected chi connectivity index (χ2v) is 4.97. The maximum atomic E-state index is 4.48. The van der Waals surface area contributed by atoms with Crippen LogP contribution in [0.3, 0.4) is 0 Å². The number of hydrogen-bond donors (Lipinski definition) is 0. The molecule has 0 unspecified atom stereocenters. The standard InChI is InChI=1S/C9H9NS2/c1-6-9(10-7(2)12-6)8-4-3-5-11-8/h3-5H,1-2H3. The molecule has 3 heteroatoms. The van der Waals surface area contributed by atoms with Crippen molar-refractivity contribution in [3.63, 3.8) is 0 Å². The van der Waals surface area contributed by atoms with Crippen molar-refractivity contribution < 1.29 is 0 Å². The maximum Gasteiger partial charge on any atom is 0.0943 e. The van der Waals surface area contributed by atoms with Crippen LogP contribution in [0.1, 0.15) is 9.88 Å². The van der Waals surface area contributed by atoms with E-state index in [4.69, 9.17) is 0 Å². The van der Waals surface area contributed by atoms with Gasteiger partial charge in [0, 0.05) is 4.88 Å². The molecule has 1 nitrogen and oxygen atoms in total. The van der Waals surface area contributed by atoms with Gasteiger partial charge in [-0.2, -0.15) is 0 Å². The van der Waals surface area contributed by atoms with Crippen LogP contribution >= 0.6 is 22.7 Å². The smallest absolute Gasteiger partial charge is 0.0943 e. The Morgan fingerprint density at radius 1 is 1.33 bits per heavy atom. The van der Waals surface area contributed by atoms with Crippen molar-refractivity contribution in [2.24, 2.45) is 0 Å². The minimum Gasteiger partial charge on any atom is -0.240 e. The quantitative estimate of drug-likeness (QED) is 0.678. The summed E-state index contributed by atoms with van der Waals surface area (Å²) < 4.78 is 0. The Morgan fingerprint density at radius 2 is 2.17 bits per heavy atom. The van der Waals surface area contributed by atoms with E-state index in [1.54, 1.807) is 22.7 Å². The summed E-state index contributed by atoms with van der Waals surface area (Å²) in [5.41, 5.74) is 1.16. The van der Waals surface area contributed by atoms with Crippen LogP contribution in [-0.4, -0.2) is 4.98 Å². The highest BCUT2D eigenvalue weighted by Crippen LogP contribution is 2.29. The van der Waals surface area contributed by atoms with Gasteiger partial charge in [-0.05, 0) is 25.3 Å². The average Bonchev–Trinajstić information content (AvgIpc) is 2.58. The average molecular weight is 195 g/mol. The number of aryl methyl sites for hydroxylation is 2. The van der Waals surface area contributed by atoms with E-state index in [-0.39, 0.29) is 0 Å². The van der Waals surface area contributed by atoms with E-state index in [0.29, 0.717) is 0 Å². The lowest BCUT2D eigenvalue weighted by molar-refractivity contribution is 1.29. The van der Waals surface area contributed by atoms with Gasteiger partial charge in [-0.25, -0.2) is 4.98 Å². The second-order valence-electron chi connectivity index (χ2n) is 2.61. The third kappa shape index (κ3) is 1.30. The largest absolute Gasteiger partial charge is 0.240 e. The summed E-state index contributed by atoms with van der Waals surface area (Å²) in [6.45, 7) is 4.18. The van der Waals surface area contributed by atoms with Gasteiger partial charge in [0.25, 0.3) is 0 Å². The highest BCUT2D eigenvalue weighted by Gasteiger charge is 2.07. The number of hydrogen-bond acceptors (Lipinski definition) is 3. The number of thiophene rings is 1. The van der Waals surface area contributed by atoms with Gasteiger partial charge in [-0.1, -0.05) is 6.07 Å². The lowest BCUT2D eigenvalue weighted by Crippen LogP contribution is -1.74. The molecular weight excluding hydrogens is 186 g/mol. The molecule has 0 bridgehead atoms. The summed E-state index contributed by atoms with van der Waals surface area (Å²) in [7, 11) is 0. The molecule has 0 N–H and O–H groups in total. The molecule has 0 saturated carbocycles. The van der Waals surface area contributed by atoms with E-state index >= 15 is 0 Å². The van der Waals surface area contributed by atoms with Crippen LogP contribution < -0.4 is 0 Å². The number of nitrogens with zero attached hydrogens (tertiary/aromatic N) is 1. The first-order valence-corrected chi connectivity index (χ1v) is 5.45. The van der Waals surface area contributed by atoms with Gasteiger partial charge in [0.15, 0.2) is 0 Å². The second kappa shape index (κ2) is 2.99. The Bertz CT molecular complexity index is 373. The van der Waals surface area contributed by atoms with Gasteiger partial charge in [0.05, 0.1) is 15.6 Å². The van der Waals surface area contributed by atoms with E-state index in [1.807, 2.05) is 0 Å². The van der Waals surface area contributed by atoms with Gasteiger partial charge >= 0.3 is 0 Å². The molecular formula is C9H9NS2. The van der Waals surface area contributed by atoms with Crippen LogP contribution in [0.15, 0.2) is 17.5 Å². The van der Waals surface area contributed by atoms with Gasteiger partial charge in [-0.15, -0.1) is 22.7 Å². The number of aromatic nitrogens is 1. The van der Waals surface area contributed by atoms with Crippen molar-refractivity contribution in [1.82, 2.24) is 4.98 Å². The molecule has 0 saturated heterocycles. The summed E-state index contributed by atoms with van der Waals surface area (Å²) in [6.07, 6.45) is 0. The van der Waals surface area contributed by atoms with Crippen molar-refractivity contribution in [3.8, 4) is 10.6 Å². The zero-order valence-electron chi connectivity index (χ0n) is 7.00. The van der Waals surface area contributed by atoms with Crippen molar-refractivity contribution in [1.29, 1.82) is 0 Å². The fourth-order valence-electron chi connectivity index (χ4n) is 1.17. The molecule has 0 spiro atoms. The molecule has 12 heavy (non-hydrogen) atoms. The predicted octanol–water partition coefficient (Wildman–Crippen LogP) is 3.49. The minimum atomic E-state index is 1.15. The van der Waals surface area contributed by atoms with Crippen LogP contribution in [0.25, 0.3) is 10.6 Å². The van der Waals surface area contributed by atoms with E-state index in [1.165, 1.54) is 9.75 Å². The third-order valence-corrected chi connectivity index (χ3v) is 3.42. The first kappa shape index (κ1) is 7.95. The fraction of sp³-hybridized carbons (Fsp3) is 0.222. The van der Waals surface area contributed by atoms with Gasteiger partial charge in [0.2, 0.25) is 0 Å². The Balaban J connectivity index is 2.54. The molecule has 0 aliphatic heterocycles. The first-order valence-electron chi connectivity index (χ1n) is 3.75. The van der Waals surface area contributed by atoms with E-state index in [9.17, 15) is 0 Å². The van der Waals surface area contributed by atoms with Crippen molar-refractivity contribution in [3.05, 3.63) is 27.4 Å². The van der Waals surface area contributed by atoms with E-state index in [2.05, 4.69) is 36.3 Å². The molecule has 0 aromatic carbocycles. The summed E-state index contributed by atoms with van der Waals surface area (Å²) >= 11 is 3.51. The van der Waals surface area contributed by atoms with Crippen LogP contribution in [0.2, 0.25) is 0 Å². The SMILES string of the molecule is Cc1nc(-c2cccs2)c(C)s1. The number of thiazole rings is 1. The highest BCUT2D eigenvalue weighted by molar-refractivity contribution is 7.15. The predicted molar refractivity (Wildman–Crippen MR) is 54.9 cm³/mol. The summed E-state index contributed by atoms with van der Waals surface area (Å²) in [5, 5.41) is 3.24. The Morgan fingerprint density at radius 3 is 2.67 bits per heavy atom. The maximum absolute atomic E-state index is 4.48. The van der Waals surface area contributed by atoms with Gasteiger partial charge in [0.1, 0.15) is 0 Å². The molecule has 2 rings (SSSR count). The summed E-state index contributed by atoms with van der Waals surface area (Å²) in [5.74, 6) is 0. The zero-order chi connectivity index (χ0) is 8.55. The van der Waals surface area contributed by atoms with Crippen LogP contribution in [0.5, 0.6) is 0 Å². The van der Waals surface area contributed by atoms with E-state index in [0.717, 1.165) is 10.7 Å². The molecule has 0 amide bonds. The van der Waals surface area contributed by atoms with Gasteiger partial charge < -0.3 is 0 Å². The van der Waals surface area contributed by atoms with Crippen LogP contribution in [-0.2, 0) is 0 Å². The monoisotopic (exact) mass is 195 g/mol. The topological polar surface area (TPSA) is 12.9 Å². The Hall–Kier alpha value is -0.670. The normalized spacial score (nSPS) is 10.5. The molecule has 0 aliphatic rings. The van der Waals surface area contributed by atoms with Crippen LogP contribution in [0.4, 0.5) is 0 Å².